The first kappa shape index (κ1) is 21.3. The van der Waals surface area contributed by atoms with Gasteiger partial charge < -0.3 is 0 Å². The van der Waals surface area contributed by atoms with E-state index in [2.05, 4.69) is 104 Å². The molecule has 6 aromatic rings. The Bertz CT molecular complexity index is 1640. The smallest absolute Gasteiger partial charge is 0.0711 e. The molecule has 161 valence electrons. The van der Waals surface area contributed by atoms with Crippen LogP contribution in [0.3, 0.4) is 0 Å². The van der Waals surface area contributed by atoms with Gasteiger partial charge in [0.25, 0.3) is 0 Å². The van der Waals surface area contributed by atoms with Gasteiger partial charge in [-0.1, -0.05) is 90.2 Å². The maximum atomic E-state index is 4.63. The van der Waals surface area contributed by atoms with Crippen molar-refractivity contribution in [2.24, 2.45) is 0 Å². The summed E-state index contributed by atoms with van der Waals surface area (Å²) in [6.07, 6.45) is 3.74. The van der Waals surface area contributed by atoms with E-state index in [1.54, 1.807) is 0 Å². The van der Waals surface area contributed by atoms with E-state index in [1.165, 1.54) is 44.0 Å². The molecule has 1 radical (unpaired) electrons. The van der Waals surface area contributed by atoms with Crippen molar-refractivity contribution in [1.29, 1.82) is 0 Å². The van der Waals surface area contributed by atoms with Crippen LogP contribution in [0.15, 0.2) is 97.7 Å². The fraction of sp³-hybridized carbons (Fsp3) is 0.0333. The number of benzene rings is 4. The van der Waals surface area contributed by atoms with Gasteiger partial charge in [-0.15, -0.1) is 5.56 Å². The van der Waals surface area contributed by atoms with Crippen LogP contribution in [0.25, 0.3) is 55.5 Å². The average Bonchev–Trinajstić information content (AvgIpc) is 3.34. The number of hydrogen-bond donors (Lipinski definition) is 0. The van der Waals surface area contributed by atoms with Crippen molar-refractivity contribution in [2.45, 2.75) is 6.92 Å². The van der Waals surface area contributed by atoms with E-state index in [-0.39, 0.29) is 20.1 Å². The van der Waals surface area contributed by atoms with E-state index in [0.29, 0.717) is 0 Å². The van der Waals surface area contributed by atoms with Crippen molar-refractivity contribution in [3.8, 4) is 22.3 Å². The summed E-state index contributed by atoms with van der Waals surface area (Å²) in [7, 11) is 0. The quantitative estimate of drug-likeness (QED) is 0.150. The zero-order valence-corrected chi connectivity index (χ0v) is 20.6. The normalized spacial score (nSPS) is 11.1. The summed E-state index contributed by atoms with van der Waals surface area (Å²) in [5.74, 6) is 0. The number of rotatable bonds is 3. The molecule has 2 nitrogen and oxygen atoms in total. The molecule has 6 rings (SSSR count). The molecule has 0 aliphatic rings. The zero-order chi connectivity index (χ0) is 21.7. The SMILES string of the molecule is C=Cc1ccc(-c2ccc3c(c2)c2c(-c4ccccc4C)cc[c-]c2n2nccc32)cc1.[Ir]. The maximum Gasteiger partial charge on any atom is 0.0711 e. The number of aryl methyl sites for hydroxylation is 1. The Labute approximate surface area is 206 Å². The monoisotopic (exact) mass is 602 g/mol. The fourth-order valence-electron chi connectivity index (χ4n) is 4.68. The van der Waals surface area contributed by atoms with Gasteiger partial charge in [-0.05, 0) is 51.7 Å². The van der Waals surface area contributed by atoms with E-state index in [9.17, 15) is 0 Å². The van der Waals surface area contributed by atoms with Gasteiger partial charge in [-0.3, -0.25) is 4.52 Å². The Morgan fingerprint density at radius 1 is 0.848 bits per heavy atom. The van der Waals surface area contributed by atoms with Crippen LogP contribution in [0.4, 0.5) is 0 Å². The minimum atomic E-state index is 0. The van der Waals surface area contributed by atoms with E-state index in [1.807, 2.05) is 22.9 Å². The standard InChI is InChI=1S/C30H21N2.Ir/c1-3-21-11-13-22(14-12-21)23-15-16-25-27(19-23)30-26(24-8-5-4-7-20(24)2)9-6-10-29(30)32-28(25)17-18-31-32;/h3-9,11-19H,1H2,2H3;/q-1;. The Morgan fingerprint density at radius 3 is 2.42 bits per heavy atom. The molecule has 0 aliphatic heterocycles. The summed E-state index contributed by atoms with van der Waals surface area (Å²) in [5.41, 5.74) is 9.30. The molecule has 0 bridgehead atoms. The van der Waals surface area contributed by atoms with E-state index in [4.69, 9.17) is 0 Å². The second-order valence-electron chi connectivity index (χ2n) is 8.14. The number of pyridine rings is 1. The molecule has 0 aliphatic carbocycles. The van der Waals surface area contributed by atoms with Crippen LogP contribution >= 0.6 is 0 Å². The summed E-state index contributed by atoms with van der Waals surface area (Å²) >= 11 is 0. The molecule has 0 spiro atoms. The van der Waals surface area contributed by atoms with Gasteiger partial charge in [0.1, 0.15) is 0 Å². The molecule has 3 heteroatoms. The number of nitrogens with zero attached hydrogens (tertiary/aromatic N) is 2. The second kappa shape index (κ2) is 8.44. The van der Waals surface area contributed by atoms with Crippen molar-refractivity contribution in [3.63, 3.8) is 0 Å². The van der Waals surface area contributed by atoms with Gasteiger partial charge in [0.15, 0.2) is 0 Å². The molecule has 0 N–H and O–H groups in total. The first-order valence-corrected chi connectivity index (χ1v) is 10.8. The molecular formula is C30H21IrN2-. The largest absolute Gasteiger partial charge is 0.257 e. The minimum Gasteiger partial charge on any atom is -0.257 e. The number of aromatic nitrogens is 2. The molecule has 0 saturated carbocycles. The predicted molar refractivity (Wildman–Crippen MR) is 135 cm³/mol. The Morgan fingerprint density at radius 2 is 1.64 bits per heavy atom. The topological polar surface area (TPSA) is 17.3 Å². The van der Waals surface area contributed by atoms with Crippen LogP contribution in [0, 0.1) is 13.0 Å². The maximum absolute atomic E-state index is 4.63. The van der Waals surface area contributed by atoms with Crippen molar-refractivity contribution >= 4 is 33.3 Å². The Hall–Kier alpha value is -3.52. The summed E-state index contributed by atoms with van der Waals surface area (Å²) in [5, 5.41) is 8.21. The average molecular weight is 602 g/mol. The molecule has 0 atom stereocenters. The molecule has 0 unspecified atom stereocenters. The van der Waals surface area contributed by atoms with Gasteiger partial charge >= 0.3 is 0 Å². The molecule has 0 amide bonds. The van der Waals surface area contributed by atoms with Gasteiger partial charge in [-0.2, -0.15) is 23.3 Å². The van der Waals surface area contributed by atoms with Crippen LogP contribution in [0.2, 0.25) is 0 Å². The fourth-order valence-corrected chi connectivity index (χ4v) is 4.68. The van der Waals surface area contributed by atoms with Crippen molar-refractivity contribution in [3.05, 3.63) is 115 Å². The molecule has 33 heavy (non-hydrogen) atoms. The minimum absolute atomic E-state index is 0. The number of fused-ring (bicyclic) bond motifs is 6. The predicted octanol–water partition coefficient (Wildman–Crippen LogP) is 7.72. The van der Waals surface area contributed by atoms with Crippen LogP contribution in [-0.4, -0.2) is 9.61 Å². The van der Waals surface area contributed by atoms with Gasteiger partial charge in [0.05, 0.1) is 5.52 Å². The summed E-state index contributed by atoms with van der Waals surface area (Å²) in [6, 6.07) is 33.5. The summed E-state index contributed by atoms with van der Waals surface area (Å²) in [4.78, 5) is 0. The first-order valence-electron chi connectivity index (χ1n) is 10.8. The van der Waals surface area contributed by atoms with Crippen molar-refractivity contribution in [2.75, 3.05) is 0 Å². The third-order valence-electron chi connectivity index (χ3n) is 6.31. The third kappa shape index (κ3) is 3.41. The van der Waals surface area contributed by atoms with Crippen molar-refractivity contribution < 1.29 is 20.1 Å². The van der Waals surface area contributed by atoms with Crippen LogP contribution in [0.5, 0.6) is 0 Å². The van der Waals surface area contributed by atoms with Crippen molar-refractivity contribution in [1.82, 2.24) is 9.61 Å². The molecule has 2 aromatic heterocycles. The third-order valence-corrected chi connectivity index (χ3v) is 6.31. The Balaban J connectivity index is 0.00000228. The van der Waals surface area contributed by atoms with Crippen LogP contribution in [-0.2, 0) is 20.1 Å². The van der Waals surface area contributed by atoms with E-state index < -0.39 is 0 Å². The first-order chi connectivity index (χ1) is 15.7. The summed E-state index contributed by atoms with van der Waals surface area (Å²) in [6.45, 7) is 6.03. The molecule has 0 saturated heterocycles. The van der Waals surface area contributed by atoms with Gasteiger partial charge in [0, 0.05) is 26.3 Å². The molecular weight excluding hydrogens is 581 g/mol. The second-order valence-corrected chi connectivity index (χ2v) is 8.14. The molecule has 0 fully saturated rings. The van der Waals surface area contributed by atoms with E-state index >= 15 is 0 Å². The van der Waals surface area contributed by atoms with Gasteiger partial charge in [-0.25, -0.2) is 0 Å². The Kier molecular flexibility index (Phi) is 5.46. The number of hydrogen-bond acceptors (Lipinski definition) is 1. The molecule has 2 heterocycles. The summed E-state index contributed by atoms with van der Waals surface area (Å²) < 4.78 is 2.01. The van der Waals surface area contributed by atoms with Crippen LogP contribution < -0.4 is 0 Å². The van der Waals surface area contributed by atoms with E-state index in [0.717, 1.165) is 16.6 Å². The zero-order valence-electron chi connectivity index (χ0n) is 18.2. The van der Waals surface area contributed by atoms with Gasteiger partial charge in [0.2, 0.25) is 0 Å². The molecule has 4 aromatic carbocycles. The van der Waals surface area contributed by atoms with Crippen LogP contribution in [0.1, 0.15) is 11.1 Å².